The van der Waals surface area contributed by atoms with Gasteiger partial charge < -0.3 is 20.1 Å². The number of imidazole rings is 1. The van der Waals surface area contributed by atoms with Crippen molar-refractivity contribution in [2.75, 3.05) is 23.4 Å². The Morgan fingerprint density at radius 1 is 1.11 bits per heavy atom. The number of thioether (sulfide) groups is 1. The fourth-order valence-corrected chi connectivity index (χ4v) is 6.05. The van der Waals surface area contributed by atoms with E-state index in [0.29, 0.717) is 36.7 Å². The molecule has 0 spiro atoms. The van der Waals surface area contributed by atoms with E-state index in [2.05, 4.69) is 30.2 Å². The Hall–Kier alpha value is -3.18. The number of nitrogens with zero attached hydrogens (tertiary/aromatic N) is 6. The van der Waals surface area contributed by atoms with E-state index in [-0.39, 0.29) is 5.91 Å². The second-order valence-electron chi connectivity index (χ2n) is 8.95. The minimum absolute atomic E-state index is 0.0553. The highest BCUT2D eigenvalue weighted by Crippen LogP contribution is 2.31. The van der Waals surface area contributed by atoms with Gasteiger partial charge in [0, 0.05) is 54.2 Å². The molecule has 3 aromatic heterocycles. The van der Waals surface area contributed by atoms with Gasteiger partial charge in [-0.25, -0.2) is 19.9 Å². The van der Waals surface area contributed by atoms with Crippen molar-refractivity contribution >= 4 is 50.3 Å². The van der Waals surface area contributed by atoms with E-state index in [1.807, 2.05) is 54.3 Å². The summed E-state index contributed by atoms with van der Waals surface area (Å²) in [6.45, 7) is 2.07. The molecule has 11 heteroatoms. The number of fused-ring (bicyclic) bond motifs is 2. The van der Waals surface area contributed by atoms with Crippen LogP contribution in [0.2, 0.25) is 0 Å². The quantitative estimate of drug-likeness (QED) is 0.377. The van der Waals surface area contributed by atoms with Crippen LogP contribution in [-0.2, 0) is 13.1 Å². The standard InChI is InChI=1S/C24H26N8OS2/c1-34-19-11-26-23(27-12-19)28-16-3-4-17(9-16)29-24-30-20-5-2-15(8-21(20)35-24)22(33)31-6-7-32-14-25-10-18(32)13-31/h2,5,8,10-12,14,16-17H,3-4,6-7,9,13H2,1H3,(H,29,30)(H,26,27,28)/t16-,17-/m0/s1. The summed E-state index contributed by atoms with van der Waals surface area (Å²) in [5.41, 5.74) is 2.70. The van der Waals surface area contributed by atoms with Crippen molar-refractivity contribution < 1.29 is 4.79 Å². The maximum Gasteiger partial charge on any atom is 0.254 e. The lowest BCUT2D eigenvalue weighted by Gasteiger charge is -2.28. The Morgan fingerprint density at radius 3 is 2.77 bits per heavy atom. The normalized spacial score (nSPS) is 19.6. The molecule has 0 saturated heterocycles. The zero-order chi connectivity index (χ0) is 23.8. The summed E-state index contributed by atoms with van der Waals surface area (Å²) in [5, 5.41) is 7.96. The Balaban J connectivity index is 1.09. The molecule has 1 aliphatic heterocycles. The number of hydrogen-bond acceptors (Lipinski definition) is 9. The molecule has 35 heavy (non-hydrogen) atoms. The van der Waals surface area contributed by atoms with Crippen LogP contribution in [0.15, 0.2) is 48.0 Å². The molecule has 4 aromatic rings. The van der Waals surface area contributed by atoms with Gasteiger partial charge in [-0.05, 0) is 43.7 Å². The first-order valence-corrected chi connectivity index (χ1v) is 13.8. The van der Waals surface area contributed by atoms with Crippen LogP contribution in [0.3, 0.4) is 0 Å². The van der Waals surface area contributed by atoms with Crippen LogP contribution in [0.4, 0.5) is 11.1 Å². The average molecular weight is 507 g/mol. The first-order valence-electron chi connectivity index (χ1n) is 11.7. The average Bonchev–Trinajstić information content (AvgIpc) is 3.62. The first-order chi connectivity index (χ1) is 17.1. The molecule has 1 aromatic carbocycles. The SMILES string of the molecule is CSc1cnc(N[C@H]2CC[C@H](Nc3nc4ccc(C(=O)N5CCn6cncc6C5)cc4s3)C2)nc1. The molecule has 6 rings (SSSR count). The summed E-state index contributed by atoms with van der Waals surface area (Å²) in [5.74, 6) is 0.739. The fraction of sp³-hybridized carbons (Fsp3) is 0.375. The first kappa shape index (κ1) is 22.3. The maximum absolute atomic E-state index is 13.1. The minimum atomic E-state index is 0.0553. The zero-order valence-corrected chi connectivity index (χ0v) is 21.0. The molecule has 9 nitrogen and oxygen atoms in total. The molecular weight excluding hydrogens is 480 g/mol. The highest BCUT2D eigenvalue weighted by molar-refractivity contribution is 7.98. The van der Waals surface area contributed by atoms with Gasteiger partial charge in [0.15, 0.2) is 5.13 Å². The number of benzene rings is 1. The topological polar surface area (TPSA) is 101 Å². The van der Waals surface area contributed by atoms with Gasteiger partial charge in [-0.15, -0.1) is 11.8 Å². The summed E-state index contributed by atoms with van der Waals surface area (Å²) in [4.78, 5) is 33.8. The van der Waals surface area contributed by atoms with Crippen LogP contribution in [0.25, 0.3) is 10.2 Å². The van der Waals surface area contributed by atoms with Gasteiger partial charge in [0.25, 0.3) is 5.91 Å². The third-order valence-electron chi connectivity index (χ3n) is 6.64. The van der Waals surface area contributed by atoms with Gasteiger partial charge in [0.2, 0.25) is 5.95 Å². The van der Waals surface area contributed by atoms with Crippen LogP contribution in [0.5, 0.6) is 0 Å². The highest BCUT2D eigenvalue weighted by Gasteiger charge is 2.26. The number of aromatic nitrogens is 5. The molecule has 2 N–H and O–H groups in total. The molecule has 0 unspecified atom stereocenters. The molecule has 1 amide bonds. The number of nitrogens with one attached hydrogen (secondary N) is 2. The molecule has 0 radical (unpaired) electrons. The predicted molar refractivity (Wildman–Crippen MR) is 139 cm³/mol. The monoisotopic (exact) mass is 506 g/mol. The van der Waals surface area contributed by atoms with Gasteiger partial charge in [-0.3, -0.25) is 4.79 Å². The molecular formula is C24H26N8OS2. The second-order valence-corrected chi connectivity index (χ2v) is 10.9. The molecule has 4 heterocycles. The van der Waals surface area contributed by atoms with E-state index < -0.39 is 0 Å². The lowest BCUT2D eigenvalue weighted by atomic mass is 10.1. The summed E-state index contributed by atoms with van der Waals surface area (Å²) >= 11 is 3.25. The van der Waals surface area contributed by atoms with Gasteiger partial charge >= 0.3 is 0 Å². The molecule has 180 valence electrons. The van der Waals surface area contributed by atoms with E-state index in [1.165, 1.54) is 0 Å². The molecule has 1 fully saturated rings. The number of carbonyl (C=O) groups is 1. The Morgan fingerprint density at radius 2 is 1.94 bits per heavy atom. The molecule has 0 bridgehead atoms. The van der Waals surface area contributed by atoms with Crippen molar-refractivity contribution in [3.63, 3.8) is 0 Å². The fourth-order valence-electron chi connectivity index (χ4n) is 4.76. The smallest absolute Gasteiger partial charge is 0.254 e. The van der Waals surface area contributed by atoms with Crippen molar-refractivity contribution in [2.45, 2.75) is 49.3 Å². The number of rotatable bonds is 6. The number of thiazole rings is 1. The van der Waals surface area contributed by atoms with E-state index in [4.69, 9.17) is 4.98 Å². The van der Waals surface area contributed by atoms with E-state index in [0.717, 1.165) is 51.7 Å². The lowest BCUT2D eigenvalue weighted by molar-refractivity contribution is 0.0711. The van der Waals surface area contributed by atoms with Crippen LogP contribution in [-0.4, -0.2) is 60.2 Å². The van der Waals surface area contributed by atoms with Crippen molar-refractivity contribution in [2.24, 2.45) is 0 Å². The van der Waals surface area contributed by atoms with Crippen molar-refractivity contribution in [3.8, 4) is 0 Å². The summed E-state index contributed by atoms with van der Waals surface area (Å²) in [6.07, 6.45) is 12.5. The Bertz CT molecular complexity index is 1350. The van der Waals surface area contributed by atoms with Gasteiger partial charge in [0.05, 0.1) is 28.8 Å². The summed E-state index contributed by atoms with van der Waals surface area (Å²) in [7, 11) is 0. The second kappa shape index (κ2) is 9.46. The van der Waals surface area contributed by atoms with Crippen molar-refractivity contribution in [1.82, 2.24) is 29.4 Å². The predicted octanol–water partition coefficient (Wildman–Crippen LogP) is 4.11. The number of carbonyl (C=O) groups excluding carboxylic acids is 1. The lowest BCUT2D eigenvalue weighted by Crippen LogP contribution is -2.37. The summed E-state index contributed by atoms with van der Waals surface area (Å²) < 4.78 is 3.13. The number of anilines is 2. The van der Waals surface area contributed by atoms with Gasteiger partial charge in [-0.2, -0.15) is 0 Å². The van der Waals surface area contributed by atoms with Gasteiger partial charge in [-0.1, -0.05) is 11.3 Å². The van der Waals surface area contributed by atoms with Crippen molar-refractivity contribution in [3.05, 3.63) is 54.4 Å². The van der Waals surface area contributed by atoms with Crippen LogP contribution in [0.1, 0.15) is 35.3 Å². The minimum Gasteiger partial charge on any atom is -0.359 e. The van der Waals surface area contributed by atoms with E-state index in [9.17, 15) is 4.79 Å². The molecule has 1 aliphatic carbocycles. The van der Waals surface area contributed by atoms with Crippen LogP contribution in [0, 0.1) is 0 Å². The van der Waals surface area contributed by atoms with Gasteiger partial charge in [0.1, 0.15) is 0 Å². The number of amides is 1. The third-order valence-corrected chi connectivity index (χ3v) is 8.27. The Kier molecular flexibility index (Phi) is 6.03. The van der Waals surface area contributed by atoms with Crippen LogP contribution >= 0.6 is 23.1 Å². The summed E-state index contributed by atoms with van der Waals surface area (Å²) in [6, 6.07) is 6.50. The molecule has 1 saturated carbocycles. The maximum atomic E-state index is 13.1. The Labute approximate surface area is 211 Å². The zero-order valence-electron chi connectivity index (χ0n) is 19.3. The number of hydrogen-bond donors (Lipinski definition) is 2. The van der Waals surface area contributed by atoms with Crippen molar-refractivity contribution in [1.29, 1.82) is 0 Å². The van der Waals surface area contributed by atoms with E-state index in [1.54, 1.807) is 23.1 Å². The van der Waals surface area contributed by atoms with E-state index >= 15 is 0 Å². The third kappa shape index (κ3) is 4.70. The van der Waals surface area contributed by atoms with Crippen LogP contribution < -0.4 is 10.6 Å². The highest BCUT2D eigenvalue weighted by atomic mass is 32.2. The molecule has 2 atom stereocenters. The molecule has 2 aliphatic rings. The largest absolute Gasteiger partial charge is 0.359 e.